The molecule has 0 spiro atoms. The van der Waals surface area contributed by atoms with Gasteiger partial charge in [-0.05, 0) is 42.7 Å². The Hall–Kier alpha value is -2.50. The minimum Gasteiger partial charge on any atom is -0.366 e. The van der Waals surface area contributed by atoms with Crippen molar-refractivity contribution in [1.29, 1.82) is 0 Å². The standard InChI is InChI=1S/C18H21FN4O/c19-14-6-4-5-13(11-14)12-18(24)21-17-10-9-16(22-23-17)20-15-7-2-1-3-8-15/h4-6,9-11,15H,1-3,7-8,12H2,(H,20,22)(H,21,23,24). The van der Waals surface area contributed by atoms with E-state index in [1.807, 2.05) is 6.07 Å². The molecule has 0 unspecified atom stereocenters. The van der Waals surface area contributed by atoms with Crippen LogP contribution in [0, 0.1) is 5.82 Å². The molecule has 1 amide bonds. The van der Waals surface area contributed by atoms with Gasteiger partial charge in [0.25, 0.3) is 0 Å². The van der Waals surface area contributed by atoms with E-state index < -0.39 is 0 Å². The maximum atomic E-state index is 13.1. The normalized spacial score (nSPS) is 15.0. The highest BCUT2D eigenvalue weighted by Gasteiger charge is 2.13. The Morgan fingerprint density at radius 1 is 1.08 bits per heavy atom. The number of halogens is 1. The predicted molar refractivity (Wildman–Crippen MR) is 91.3 cm³/mol. The van der Waals surface area contributed by atoms with Gasteiger partial charge in [0.05, 0.1) is 6.42 Å². The van der Waals surface area contributed by atoms with Gasteiger partial charge in [-0.15, -0.1) is 10.2 Å². The summed E-state index contributed by atoms with van der Waals surface area (Å²) in [6.45, 7) is 0. The Morgan fingerprint density at radius 3 is 2.54 bits per heavy atom. The van der Waals surface area contributed by atoms with Gasteiger partial charge in [-0.25, -0.2) is 4.39 Å². The van der Waals surface area contributed by atoms with E-state index in [0.29, 0.717) is 17.4 Å². The maximum absolute atomic E-state index is 13.1. The molecule has 6 heteroatoms. The van der Waals surface area contributed by atoms with Gasteiger partial charge in [-0.3, -0.25) is 4.79 Å². The second-order valence-electron chi connectivity index (χ2n) is 6.14. The first-order chi connectivity index (χ1) is 11.7. The van der Waals surface area contributed by atoms with Crippen molar-refractivity contribution < 1.29 is 9.18 Å². The Kier molecular flexibility index (Phi) is 5.36. The molecule has 5 nitrogen and oxygen atoms in total. The van der Waals surface area contributed by atoms with Crippen molar-refractivity contribution >= 4 is 17.5 Å². The van der Waals surface area contributed by atoms with Crippen LogP contribution in [0.3, 0.4) is 0 Å². The zero-order valence-corrected chi connectivity index (χ0v) is 13.5. The van der Waals surface area contributed by atoms with Crippen LogP contribution in [0.4, 0.5) is 16.0 Å². The van der Waals surface area contributed by atoms with E-state index in [1.165, 1.54) is 31.4 Å². The van der Waals surface area contributed by atoms with Gasteiger partial charge >= 0.3 is 0 Å². The number of rotatable bonds is 5. The molecule has 2 N–H and O–H groups in total. The van der Waals surface area contributed by atoms with Crippen molar-refractivity contribution in [3.05, 3.63) is 47.8 Å². The smallest absolute Gasteiger partial charge is 0.229 e. The minimum absolute atomic E-state index is 0.0987. The summed E-state index contributed by atoms with van der Waals surface area (Å²) in [7, 11) is 0. The molecule has 2 aromatic rings. The second kappa shape index (κ2) is 7.86. The maximum Gasteiger partial charge on any atom is 0.229 e. The molecule has 0 bridgehead atoms. The highest BCUT2D eigenvalue weighted by Crippen LogP contribution is 2.20. The van der Waals surface area contributed by atoms with Crippen LogP contribution in [0.2, 0.25) is 0 Å². The van der Waals surface area contributed by atoms with Crippen molar-refractivity contribution in [2.75, 3.05) is 10.6 Å². The first-order valence-corrected chi connectivity index (χ1v) is 8.33. The zero-order valence-electron chi connectivity index (χ0n) is 13.5. The fourth-order valence-electron chi connectivity index (χ4n) is 2.95. The van der Waals surface area contributed by atoms with E-state index in [0.717, 1.165) is 18.7 Å². The highest BCUT2D eigenvalue weighted by molar-refractivity contribution is 5.91. The average Bonchev–Trinajstić information content (AvgIpc) is 2.57. The van der Waals surface area contributed by atoms with Crippen LogP contribution in [0.5, 0.6) is 0 Å². The van der Waals surface area contributed by atoms with Crippen LogP contribution < -0.4 is 10.6 Å². The van der Waals surface area contributed by atoms with Crippen LogP contribution in [-0.4, -0.2) is 22.1 Å². The summed E-state index contributed by atoms with van der Waals surface area (Å²) >= 11 is 0. The Balaban J connectivity index is 1.52. The molecular formula is C18H21FN4O. The van der Waals surface area contributed by atoms with Crippen LogP contribution in [0.25, 0.3) is 0 Å². The topological polar surface area (TPSA) is 66.9 Å². The number of hydrogen-bond acceptors (Lipinski definition) is 4. The number of hydrogen-bond donors (Lipinski definition) is 2. The summed E-state index contributed by atoms with van der Waals surface area (Å²) in [5.74, 6) is 0.525. The second-order valence-corrected chi connectivity index (χ2v) is 6.14. The van der Waals surface area contributed by atoms with Gasteiger partial charge in [-0.1, -0.05) is 31.4 Å². The lowest BCUT2D eigenvalue weighted by molar-refractivity contribution is -0.115. The van der Waals surface area contributed by atoms with Gasteiger partial charge in [0.1, 0.15) is 11.6 Å². The lowest BCUT2D eigenvalue weighted by Gasteiger charge is -2.22. The van der Waals surface area contributed by atoms with Gasteiger partial charge < -0.3 is 10.6 Å². The molecule has 3 rings (SSSR count). The van der Waals surface area contributed by atoms with Crippen molar-refractivity contribution in [3.8, 4) is 0 Å². The van der Waals surface area contributed by atoms with Gasteiger partial charge in [0, 0.05) is 6.04 Å². The molecule has 1 heterocycles. The van der Waals surface area contributed by atoms with E-state index in [-0.39, 0.29) is 18.1 Å². The van der Waals surface area contributed by atoms with Gasteiger partial charge in [-0.2, -0.15) is 0 Å². The van der Waals surface area contributed by atoms with E-state index in [4.69, 9.17) is 0 Å². The van der Waals surface area contributed by atoms with Crippen LogP contribution in [0.1, 0.15) is 37.7 Å². The first kappa shape index (κ1) is 16.4. The number of anilines is 2. The minimum atomic E-state index is -0.349. The highest BCUT2D eigenvalue weighted by atomic mass is 19.1. The molecule has 0 saturated heterocycles. The fraction of sp³-hybridized carbons (Fsp3) is 0.389. The summed E-state index contributed by atoms with van der Waals surface area (Å²) in [5.41, 5.74) is 0.621. The van der Waals surface area contributed by atoms with Gasteiger partial charge in [0.15, 0.2) is 5.82 Å². The number of carbonyl (C=O) groups is 1. The number of carbonyl (C=O) groups excluding carboxylic acids is 1. The lowest BCUT2D eigenvalue weighted by atomic mass is 9.95. The summed E-state index contributed by atoms with van der Waals surface area (Å²) < 4.78 is 13.1. The van der Waals surface area contributed by atoms with Crippen molar-refractivity contribution in [1.82, 2.24) is 10.2 Å². The van der Waals surface area contributed by atoms with Crippen LogP contribution >= 0.6 is 0 Å². The zero-order chi connectivity index (χ0) is 16.8. The number of aromatic nitrogens is 2. The van der Waals surface area contributed by atoms with Crippen molar-refractivity contribution in [2.24, 2.45) is 0 Å². The van der Waals surface area contributed by atoms with Crippen LogP contribution in [-0.2, 0) is 11.2 Å². The molecule has 1 saturated carbocycles. The molecule has 1 fully saturated rings. The van der Waals surface area contributed by atoms with E-state index in [1.54, 1.807) is 18.2 Å². The molecule has 0 radical (unpaired) electrons. The number of amides is 1. The molecule has 1 aromatic carbocycles. The number of nitrogens with one attached hydrogen (secondary N) is 2. The molecule has 1 aliphatic carbocycles. The monoisotopic (exact) mass is 328 g/mol. The van der Waals surface area contributed by atoms with E-state index in [9.17, 15) is 9.18 Å². The summed E-state index contributed by atoms with van der Waals surface area (Å²) in [5, 5.41) is 14.2. The largest absolute Gasteiger partial charge is 0.366 e. The summed E-state index contributed by atoms with van der Waals surface area (Å²) in [4.78, 5) is 12.0. The van der Waals surface area contributed by atoms with Crippen LogP contribution in [0.15, 0.2) is 36.4 Å². The Labute approximate surface area is 140 Å². The number of nitrogens with zero attached hydrogens (tertiary/aromatic N) is 2. The van der Waals surface area contributed by atoms with Crippen molar-refractivity contribution in [2.45, 2.75) is 44.6 Å². The third kappa shape index (κ3) is 4.75. The fourth-order valence-corrected chi connectivity index (χ4v) is 2.95. The Bertz CT molecular complexity index is 684. The van der Waals surface area contributed by atoms with Gasteiger partial charge in [0.2, 0.25) is 5.91 Å². The van der Waals surface area contributed by atoms with E-state index in [2.05, 4.69) is 20.8 Å². The molecule has 126 valence electrons. The lowest BCUT2D eigenvalue weighted by Crippen LogP contribution is -2.23. The van der Waals surface area contributed by atoms with Crippen molar-refractivity contribution in [3.63, 3.8) is 0 Å². The van der Waals surface area contributed by atoms with E-state index >= 15 is 0 Å². The third-order valence-corrected chi connectivity index (χ3v) is 4.14. The quantitative estimate of drug-likeness (QED) is 0.881. The summed E-state index contributed by atoms with van der Waals surface area (Å²) in [6, 6.07) is 10.0. The average molecular weight is 328 g/mol. The SMILES string of the molecule is O=C(Cc1cccc(F)c1)Nc1ccc(NC2CCCCC2)nn1. The number of benzene rings is 1. The predicted octanol–water partition coefficient (Wildman–Crippen LogP) is 3.54. The third-order valence-electron chi connectivity index (χ3n) is 4.14. The molecule has 24 heavy (non-hydrogen) atoms. The molecule has 1 aliphatic rings. The molecule has 0 atom stereocenters. The molecule has 0 aliphatic heterocycles. The molecule has 1 aromatic heterocycles. The first-order valence-electron chi connectivity index (χ1n) is 8.33. The molecular weight excluding hydrogens is 307 g/mol. The Morgan fingerprint density at radius 2 is 1.83 bits per heavy atom. The summed E-state index contributed by atoms with van der Waals surface area (Å²) in [6.07, 6.45) is 6.22.